The Hall–Kier alpha value is -2.04. The molecule has 124 valence electrons. The number of amides is 2. The van der Waals surface area contributed by atoms with Crippen LogP contribution in [0.1, 0.15) is 12.0 Å². The summed E-state index contributed by atoms with van der Waals surface area (Å²) >= 11 is 12.1. The molecule has 1 fully saturated rings. The van der Waals surface area contributed by atoms with Crippen LogP contribution in [0, 0.1) is 5.92 Å². The van der Waals surface area contributed by atoms with Crippen molar-refractivity contribution in [3.63, 3.8) is 0 Å². The molecular weight excluding hydrogens is 347 g/mol. The Labute approximate surface area is 150 Å². The van der Waals surface area contributed by atoms with Gasteiger partial charge in [-0.1, -0.05) is 47.5 Å². The summed E-state index contributed by atoms with van der Waals surface area (Å²) in [5.41, 5.74) is 1.57. The third-order valence-electron chi connectivity index (χ3n) is 4.03. The number of rotatable bonds is 4. The smallest absolute Gasteiger partial charge is 0.227 e. The van der Waals surface area contributed by atoms with E-state index in [9.17, 15) is 9.59 Å². The van der Waals surface area contributed by atoms with Crippen LogP contribution < -0.4 is 10.2 Å². The quantitative estimate of drug-likeness (QED) is 0.901. The van der Waals surface area contributed by atoms with Crippen LogP contribution in [0.3, 0.4) is 0 Å². The minimum atomic E-state index is -0.376. The van der Waals surface area contributed by atoms with Crippen LogP contribution >= 0.6 is 23.2 Å². The maximum Gasteiger partial charge on any atom is 0.227 e. The second-order valence-electron chi connectivity index (χ2n) is 5.69. The Balaban J connectivity index is 1.63. The van der Waals surface area contributed by atoms with Gasteiger partial charge in [0.2, 0.25) is 11.8 Å². The first-order valence-electron chi connectivity index (χ1n) is 7.61. The molecule has 1 aliphatic rings. The molecule has 0 unspecified atom stereocenters. The summed E-state index contributed by atoms with van der Waals surface area (Å²) in [6.45, 7) is 0.702. The number of hydrogen-bond donors (Lipinski definition) is 1. The third-order valence-corrected chi connectivity index (χ3v) is 4.63. The topological polar surface area (TPSA) is 49.4 Å². The zero-order chi connectivity index (χ0) is 17.1. The minimum Gasteiger partial charge on any atom is -0.352 e. The number of nitrogens with one attached hydrogen (secondary N) is 1. The fraction of sp³-hybridized carbons (Fsp3) is 0.222. The van der Waals surface area contributed by atoms with Crippen molar-refractivity contribution in [3.05, 3.63) is 64.1 Å². The summed E-state index contributed by atoms with van der Waals surface area (Å²) in [4.78, 5) is 26.2. The van der Waals surface area contributed by atoms with Crippen molar-refractivity contribution in [1.82, 2.24) is 5.32 Å². The molecule has 4 nitrogen and oxygen atoms in total. The number of carbonyl (C=O) groups excluding carboxylic acids is 2. The predicted molar refractivity (Wildman–Crippen MR) is 95.2 cm³/mol. The SMILES string of the molecule is O=C(NCc1ccccc1Cl)[C@H]1CC(=O)N(c2cccc(Cl)c2)C1. The molecule has 2 aromatic carbocycles. The Bertz CT molecular complexity index is 779. The fourth-order valence-electron chi connectivity index (χ4n) is 2.75. The van der Waals surface area contributed by atoms with Gasteiger partial charge in [0, 0.05) is 35.2 Å². The summed E-state index contributed by atoms with van der Waals surface area (Å²) in [6.07, 6.45) is 0.195. The van der Waals surface area contributed by atoms with Gasteiger partial charge in [0.1, 0.15) is 0 Å². The molecular formula is C18H16Cl2N2O2. The van der Waals surface area contributed by atoms with Crippen LogP contribution in [-0.4, -0.2) is 18.4 Å². The lowest BCUT2D eigenvalue weighted by molar-refractivity contribution is -0.126. The number of hydrogen-bond acceptors (Lipinski definition) is 2. The van der Waals surface area contributed by atoms with Crippen molar-refractivity contribution < 1.29 is 9.59 Å². The Morgan fingerprint density at radius 3 is 2.71 bits per heavy atom. The molecule has 3 rings (SSSR count). The van der Waals surface area contributed by atoms with E-state index in [2.05, 4.69) is 5.32 Å². The molecule has 2 amide bonds. The third kappa shape index (κ3) is 3.71. The summed E-state index contributed by atoms with van der Waals surface area (Å²) in [6, 6.07) is 14.4. The van der Waals surface area contributed by atoms with Crippen LogP contribution in [0.5, 0.6) is 0 Å². The highest BCUT2D eigenvalue weighted by Gasteiger charge is 2.35. The van der Waals surface area contributed by atoms with Crippen molar-refractivity contribution in [2.24, 2.45) is 5.92 Å². The van der Waals surface area contributed by atoms with Crippen molar-refractivity contribution in [3.8, 4) is 0 Å². The Morgan fingerprint density at radius 1 is 1.17 bits per heavy atom. The summed E-state index contributed by atoms with van der Waals surface area (Å²) in [5.74, 6) is -0.595. The first-order chi connectivity index (χ1) is 11.5. The van der Waals surface area contributed by atoms with Crippen LogP contribution in [0.25, 0.3) is 0 Å². The van der Waals surface area contributed by atoms with E-state index in [4.69, 9.17) is 23.2 Å². The number of halogens is 2. The highest BCUT2D eigenvalue weighted by molar-refractivity contribution is 6.31. The average molecular weight is 363 g/mol. The molecule has 1 heterocycles. The van der Waals surface area contributed by atoms with Gasteiger partial charge in [-0.2, -0.15) is 0 Å². The lowest BCUT2D eigenvalue weighted by atomic mass is 10.1. The van der Waals surface area contributed by atoms with Gasteiger partial charge in [0.15, 0.2) is 0 Å². The molecule has 1 atom stereocenters. The van der Waals surface area contributed by atoms with E-state index >= 15 is 0 Å². The number of benzene rings is 2. The molecule has 0 radical (unpaired) electrons. The number of anilines is 1. The summed E-state index contributed by atoms with van der Waals surface area (Å²) in [5, 5.41) is 4.03. The summed E-state index contributed by atoms with van der Waals surface area (Å²) in [7, 11) is 0. The van der Waals surface area contributed by atoms with Crippen molar-refractivity contribution in [1.29, 1.82) is 0 Å². The average Bonchev–Trinajstić information content (AvgIpc) is 2.96. The van der Waals surface area contributed by atoms with Crippen LogP contribution in [0.2, 0.25) is 10.0 Å². The minimum absolute atomic E-state index is 0.0739. The molecule has 0 spiro atoms. The molecule has 1 aliphatic heterocycles. The molecule has 1 saturated heterocycles. The summed E-state index contributed by atoms with van der Waals surface area (Å²) < 4.78 is 0. The standard InChI is InChI=1S/C18H16Cl2N2O2/c19-14-5-3-6-15(9-14)22-11-13(8-17(22)23)18(24)21-10-12-4-1-2-7-16(12)20/h1-7,9,13H,8,10-11H2,(H,21,24)/t13-/m0/s1. The molecule has 0 aliphatic carbocycles. The second kappa shape index (κ2) is 7.24. The molecule has 2 aromatic rings. The molecule has 1 N–H and O–H groups in total. The molecule has 0 saturated carbocycles. The highest BCUT2D eigenvalue weighted by atomic mass is 35.5. The van der Waals surface area contributed by atoms with E-state index in [0.29, 0.717) is 28.8 Å². The van der Waals surface area contributed by atoms with Gasteiger partial charge in [-0.3, -0.25) is 9.59 Å². The van der Waals surface area contributed by atoms with E-state index in [1.165, 1.54) is 0 Å². The van der Waals surface area contributed by atoms with Crippen molar-refractivity contribution >= 4 is 40.7 Å². The zero-order valence-corrected chi connectivity index (χ0v) is 14.3. The van der Waals surface area contributed by atoms with Crippen LogP contribution in [-0.2, 0) is 16.1 Å². The van der Waals surface area contributed by atoms with Gasteiger partial charge in [-0.15, -0.1) is 0 Å². The van der Waals surface area contributed by atoms with Crippen LogP contribution in [0.4, 0.5) is 5.69 Å². The zero-order valence-electron chi connectivity index (χ0n) is 12.8. The van der Waals surface area contributed by atoms with Gasteiger partial charge in [0.25, 0.3) is 0 Å². The monoisotopic (exact) mass is 362 g/mol. The fourth-order valence-corrected chi connectivity index (χ4v) is 3.13. The first kappa shape index (κ1) is 16.8. The molecule has 24 heavy (non-hydrogen) atoms. The van der Waals surface area contributed by atoms with Gasteiger partial charge >= 0.3 is 0 Å². The normalized spacial score (nSPS) is 17.2. The largest absolute Gasteiger partial charge is 0.352 e. The van der Waals surface area contributed by atoms with Crippen LogP contribution in [0.15, 0.2) is 48.5 Å². The van der Waals surface area contributed by atoms with Gasteiger partial charge in [-0.05, 0) is 29.8 Å². The number of nitrogens with zero attached hydrogens (tertiary/aromatic N) is 1. The van der Waals surface area contributed by atoms with Gasteiger partial charge < -0.3 is 10.2 Å². The highest BCUT2D eigenvalue weighted by Crippen LogP contribution is 2.27. The Morgan fingerprint density at radius 2 is 1.96 bits per heavy atom. The van der Waals surface area contributed by atoms with E-state index < -0.39 is 0 Å². The van der Waals surface area contributed by atoms with E-state index in [0.717, 1.165) is 5.56 Å². The Kier molecular flexibility index (Phi) is 5.07. The van der Waals surface area contributed by atoms with E-state index in [1.807, 2.05) is 24.3 Å². The predicted octanol–water partition coefficient (Wildman–Crippen LogP) is 3.66. The van der Waals surface area contributed by atoms with Gasteiger partial charge in [0.05, 0.1) is 5.92 Å². The number of carbonyl (C=O) groups is 2. The molecule has 6 heteroatoms. The van der Waals surface area contributed by atoms with Gasteiger partial charge in [-0.25, -0.2) is 0 Å². The maximum absolute atomic E-state index is 12.4. The van der Waals surface area contributed by atoms with E-state index in [1.54, 1.807) is 29.2 Å². The lowest BCUT2D eigenvalue weighted by Gasteiger charge is -2.17. The van der Waals surface area contributed by atoms with Crippen molar-refractivity contribution in [2.45, 2.75) is 13.0 Å². The first-order valence-corrected chi connectivity index (χ1v) is 8.37. The maximum atomic E-state index is 12.4. The molecule has 0 aromatic heterocycles. The lowest BCUT2D eigenvalue weighted by Crippen LogP contribution is -2.32. The van der Waals surface area contributed by atoms with E-state index in [-0.39, 0.29) is 24.2 Å². The molecule has 0 bridgehead atoms. The van der Waals surface area contributed by atoms with Crippen molar-refractivity contribution in [2.75, 3.05) is 11.4 Å². The second-order valence-corrected chi connectivity index (χ2v) is 6.54.